The van der Waals surface area contributed by atoms with Crippen LogP contribution in [0.5, 0.6) is 0 Å². The lowest BCUT2D eigenvalue weighted by Gasteiger charge is -2.25. The van der Waals surface area contributed by atoms with Crippen molar-refractivity contribution in [1.82, 2.24) is 0 Å². The molecule has 4 heteroatoms. The summed E-state index contributed by atoms with van der Waals surface area (Å²) in [5, 5.41) is 20.6. The van der Waals surface area contributed by atoms with E-state index in [1.54, 1.807) is 42.5 Å². The maximum absolute atomic E-state index is 10.9. The van der Waals surface area contributed by atoms with E-state index in [2.05, 4.69) is 23.5 Å². The molecule has 0 saturated heterocycles. The van der Waals surface area contributed by atoms with Gasteiger partial charge in [-0.3, -0.25) is 0 Å². The van der Waals surface area contributed by atoms with Gasteiger partial charge in [-0.25, -0.2) is 4.79 Å². The summed E-state index contributed by atoms with van der Waals surface area (Å²) in [6, 6.07) is 0. The molecular formula is C26H36O4. The van der Waals surface area contributed by atoms with Crippen LogP contribution < -0.4 is 0 Å². The van der Waals surface area contributed by atoms with Crippen LogP contribution in [0.25, 0.3) is 0 Å². The summed E-state index contributed by atoms with van der Waals surface area (Å²) >= 11 is 0. The second-order valence-electron chi connectivity index (χ2n) is 6.79. The number of carbonyl (C=O) groups excluding carboxylic acids is 1. The van der Waals surface area contributed by atoms with Crippen molar-refractivity contribution < 1.29 is 19.7 Å². The van der Waals surface area contributed by atoms with Gasteiger partial charge < -0.3 is 14.9 Å². The largest absolute Gasteiger partial charge is 0.466 e. The molecule has 0 fully saturated rings. The first-order chi connectivity index (χ1) is 14.4. The number of allylic oxidation sites excluding steroid dienone is 12. The number of hydrogen-bond acceptors (Lipinski definition) is 4. The molecule has 30 heavy (non-hydrogen) atoms. The van der Waals surface area contributed by atoms with Crippen LogP contribution in [0, 0.1) is 11.8 Å². The molecule has 0 spiro atoms. The van der Waals surface area contributed by atoms with Crippen molar-refractivity contribution in [3.05, 3.63) is 97.7 Å². The average Bonchev–Trinajstić information content (AvgIpc) is 2.75. The predicted molar refractivity (Wildman–Crippen MR) is 126 cm³/mol. The number of methoxy groups -OCH3 is 1. The molecule has 0 aliphatic carbocycles. The van der Waals surface area contributed by atoms with Crippen LogP contribution in [-0.4, -0.2) is 35.5 Å². The fourth-order valence-corrected chi connectivity index (χ4v) is 2.43. The Labute approximate surface area is 181 Å². The van der Waals surface area contributed by atoms with Gasteiger partial charge in [0.15, 0.2) is 0 Å². The number of rotatable bonds is 14. The molecule has 4 unspecified atom stereocenters. The van der Waals surface area contributed by atoms with E-state index in [-0.39, 0.29) is 17.8 Å². The lowest BCUT2D eigenvalue weighted by Crippen LogP contribution is -2.32. The molecule has 0 aromatic carbocycles. The van der Waals surface area contributed by atoms with Crippen molar-refractivity contribution in [2.24, 2.45) is 11.8 Å². The van der Waals surface area contributed by atoms with Crippen LogP contribution in [0.2, 0.25) is 0 Å². The van der Waals surface area contributed by atoms with Crippen LogP contribution in [0.4, 0.5) is 0 Å². The molecule has 0 aromatic rings. The van der Waals surface area contributed by atoms with Gasteiger partial charge in [-0.15, -0.1) is 0 Å². The van der Waals surface area contributed by atoms with Gasteiger partial charge >= 0.3 is 5.97 Å². The molecule has 0 rings (SSSR count). The van der Waals surface area contributed by atoms with Gasteiger partial charge in [-0.2, -0.15) is 0 Å². The van der Waals surface area contributed by atoms with Gasteiger partial charge in [0.05, 0.1) is 19.3 Å². The number of ether oxygens (including phenoxy) is 1. The summed E-state index contributed by atoms with van der Waals surface area (Å²) in [6.07, 6.45) is 27.5. The highest BCUT2D eigenvalue weighted by Crippen LogP contribution is 2.19. The van der Waals surface area contributed by atoms with Crippen molar-refractivity contribution in [1.29, 1.82) is 0 Å². The average molecular weight is 413 g/mol. The Bertz CT molecular complexity index is 677. The molecule has 0 aliphatic rings. The Balaban J connectivity index is 4.21. The van der Waals surface area contributed by atoms with E-state index in [1.807, 2.05) is 44.2 Å². The molecular weight excluding hydrogens is 376 g/mol. The number of carbonyl (C=O) groups is 1. The van der Waals surface area contributed by atoms with Crippen LogP contribution in [-0.2, 0) is 9.53 Å². The van der Waals surface area contributed by atoms with E-state index in [9.17, 15) is 15.0 Å². The van der Waals surface area contributed by atoms with E-state index < -0.39 is 12.2 Å². The number of hydrogen-bond donors (Lipinski definition) is 2. The Kier molecular flexibility index (Phi) is 16.7. The van der Waals surface area contributed by atoms with Crippen molar-refractivity contribution in [2.75, 3.05) is 7.11 Å². The maximum Gasteiger partial charge on any atom is 0.330 e. The number of esters is 1. The number of unbranched alkanes of at least 4 members (excludes halogenated alkanes) is 1. The zero-order valence-electron chi connectivity index (χ0n) is 18.3. The highest BCUT2D eigenvalue weighted by molar-refractivity contribution is 5.82. The summed E-state index contributed by atoms with van der Waals surface area (Å²) in [4.78, 5) is 10.9. The van der Waals surface area contributed by atoms with Crippen molar-refractivity contribution in [3.8, 4) is 0 Å². The molecule has 0 amide bonds. The molecule has 2 N–H and O–H groups in total. The molecule has 0 heterocycles. The van der Waals surface area contributed by atoms with Gasteiger partial charge in [0.25, 0.3) is 0 Å². The Hall–Kier alpha value is -2.69. The van der Waals surface area contributed by atoms with E-state index in [4.69, 9.17) is 0 Å². The number of aliphatic hydroxyl groups excluding tert-OH is 2. The fourth-order valence-electron chi connectivity index (χ4n) is 2.43. The van der Waals surface area contributed by atoms with Crippen LogP contribution in [0.1, 0.15) is 26.7 Å². The standard InChI is InChI=1S/C26H36O4/c1-5-6-7-17-20-24(27)23(3)26(29)22(2)19-16-14-12-10-8-9-11-13-15-18-21-25(28)30-4/h5-11,13,15-24,26-27,29H,1,12,14H2,2-4H3/b7-6+,10-8+,11-9+,15-13+,19-16+,20-17+,21-18+. The minimum Gasteiger partial charge on any atom is -0.466 e. The van der Waals surface area contributed by atoms with Crippen LogP contribution in [0.15, 0.2) is 97.7 Å². The fraction of sp³-hybridized carbons (Fsp3) is 0.346. The minimum atomic E-state index is -0.704. The third-order valence-corrected chi connectivity index (χ3v) is 4.35. The van der Waals surface area contributed by atoms with Gasteiger partial charge in [0.1, 0.15) is 0 Å². The molecule has 0 saturated carbocycles. The molecule has 0 aliphatic heterocycles. The molecule has 4 atom stereocenters. The SMILES string of the molecule is C=C/C=C/C=C/C(O)C(C)C(O)C(C)/C=C/CC/C=C/C=C/C=C/C=C/C(=O)OC. The van der Waals surface area contributed by atoms with Gasteiger partial charge in [-0.05, 0) is 12.8 Å². The summed E-state index contributed by atoms with van der Waals surface area (Å²) in [5.74, 6) is -0.685. The predicted octanol–water partition coefficient (Wildman–Crippen LogP) is 5.01. The Morgan fingerprint density at radius 3 is 2.13 bits per heavy atom. The van der Waals surface area contributed by atoms with Crippen molar-refractivity contribution in [3.63, 3.8) is 0 Å². The van der Waals surface area contributed by atoms with E-state index in [0.717, 1.165) is 12.8 Å². The second kappa shape index (κ2) is 18.3. The normalized spacial score (nSPS) is 17.2. The molecule has 0 radical (unpaired) electrons. The Morgan fingerprint density at radius 1 is 0.867 bits per heavy atom. The first kappa shape index (κ1) is 27.3. The summed E-state index contributed by atoms with van der Waals surface area (Å²) in [7, 11) is 1.34. The lowest BCUT2D eigenvalue weighted by molar-refractivity contribution is -0.134. The van der Waals surface area contributed by atoms with Crippen LogP contribution in [0.3, 0.4) is 0 Å². The summed E-state index contributed by atoms with van der Waals surface area (Å²) in [6.45, 7) is 7.38. The van der Waals surface area contributed by atoms with Crippen molar-refractivity contribution >= 4 is 5.97 Å². The van der Waals surface area contributed by atoms with Crippen molar-refractivity contribution in [2.45, 2.75) is 38.9 Å². The summed E-state index contributed by atoms with van der Waals surface area (Å²) < 4.78 is 4.49. The molecule has 0 bridgehead atoms. The lowest BCUT2D eigenvalue weighted by atomic mass is 9.88. The van der Waals surface area contributed by atoms with E-state index in [0.29, 0.717) is 0 Å². The Morgan fingerprint density at radius 2 is 1.47 bits per heavy atom. The van der Waals surface area contributed by atoms with Gasteiger partial charge in [0, 0.05) is 17.9 Å². The zero-order valence-corrected chi connectivity index (χ0v) is 18.3. The first-order valence-electron chi connectivity index (χ1n) is 10.2. The zero-order chi connectivity index (χ0) is 22.6. The monoisotopic (exact) mass is 412 g/mol. The summed E-state index contributed by atoms with van der Waals surface area (Å²) in [5.41, 5.74) is 0. The van der Waals surface area contributed by atoms with Gasteiger partial charge in [0.2, 0.25) is 0 Å². The first-order valence-corrected chi connectivity index (χ1v) is 10.2. The topological polar surface area (TPSA) is 66.8 Å². The highest BCUT2D eigenvalue weighted by atomic mass is 16.5. The second-order valence-corrected chi connectivity index (χ2v) is 6.79. The quantitative estimate of drug-likeness (QED) is 0.138. The molecule has 0 aromatic heterocycles. The van der Waals surface area contributed by atoms with E-state index in [1.165, 1.54) is 13.2 Å². The third-order valence-electron chi connectivity index (χ3n) is 4.35. The van der Waals surface area contributed by atoms with Crippen LogP contribution >= 0.6 is 0 Å². The molecule has 164 valence electrons. The van der Waals surface area contributed by atoms with Gasteiger partial charge in [-0.1, -0.05) is 105 Å². The van der Waals surface area contributed by atoms with E-state index >= 15 is 0 Å². The molecule has 4 nitrogen and oxygen atoms in total. The highest BCUT2D eigenvalue weighted by Gasteiger charge is 2.24. The third kappa shape index (κ3) is 14.3. The smallest absolute Gasteiger partial charge is 0.330 e. The number of aliphatic hydroxyl groups is 2. The minimum absolute atomic E-state index is 0.0428. The maximum atomic E-state index is 10.9.